The maximum atomic E-state index is 13.2. The number of aromatic amines is 1. The van der Waals surface area contributed by atoms with Crippen LogP contribution < -0.4 is 4.90 Å². The fourth-order valence-electron chi connectivity index (χ4n) is 3.24. The van der Waals surface area contributed by atoms with Crippen LogP contribution in [0.25, 0.3) is 11.6 Å². The van der Waals surface area contributed by atoms with Gasteiger partial charge in [-0.3, -0.25) is 9.59 Å². The van der Waals surface area contributed by atoms with Crippen LogP contribution >= 0.6 is 12.6 Å². The van der Waals surface area contributed by atoms with E-state index in [1.165, 1.54) is 14.7 Å². The minimum Gasteiger partial charge on any atom is -0.359 e. The smallest absolute Gasteiger partial charge is 0.331 e. The number of urea groups is 1. The zero-order chi connectivity index (χ0) is 22.4. The van der Waals surface area contributed by atoms with Gasteiger partial charge in [0.05, 0.1) is 11.3 Å². The van der Waals surface area contributed by atoms with Gasteiger partial charge in [0.2, 0.25) is 6.41 Å². The van der Waals surface area contributed by atoms with Crippen molar-refractivity contribution in [3.8, 4) is 0 Å². The lowest BCUT2D eigenvalue weighted by Crippen LogP contribution is -2.45. The molecule has 0 aliphatic carbocycles. The number of aryl methyl sites for hydroxylation is 2. The average Bonchev–Trinajstić information content (AvgIpc) is 3.22. The molecule has 0 atom stereocenters. The Balaban J connectivity index is 0.00000155. The van der Waals surface area contributed by atoms with E-state index in [-0.39, 0.29) is 5.91 Å². The molecule has 1 aromatic heterocycles. The molecule has 0 unspecified atom stereocenters. The summed E-state index contributed by atoms with van der Waals surface area (Å²) in [4.78, 5) is 44.2. The number of imide groups is 1. The molecule has 1 aliphatic rings. The van der Waals surface area contributed by atoms with Gasteiger partial charge in [-0.2, -0.15) is 12.6 Å². The van der Waals surface area contributed by atoms with Crippen molar-refractivity contribution >= 4 is 48.3 Å². The highest BCUT2D eigenvalue weighted by Crippen LogP contribution is 2.38. The topological polar surface area (TPSA) is 76.7 Å². The van der Waals surface area contributed by atoms with E-state index in [4.69, 9.17) is 0 Å². The van der Waals surface area contributed by atoms with Gasteiger partial charge in [-0.05, 0) is 43.9 Å². The van der Waals surface area contributed by atoms with Crippen molar-refractivity contribution in [3.05, 3.63) is 52.8 Å². The quantitative estimate of drug-likeness (QED) is 0.436. The summed E-state index contributed by atoms with van der Waals surface area (Å²) in [6.07, 6.45) is 4.20. The predicted molar refractivity (Wildman–Crippen MR) is 124 cm³/mol. The van der Waals surface area contributed by atoms with Crippen LogP contribution in [-0.4, -0.2) is 66.6 Å². The van der Waals surface area contributed by atoms with E-state index in [1.807, 2.05) is 32.0 Å². The number of H-pyrrole nitrogens is 1. The second-order valence-corrected chi connectivity index (χ2v) is 7.05. The number of nitrogens with one attached hydrogen (secondary N) is 1. The number of para-hydroxylation sites is 1. The third-order valence-electron chi connectivity index (χ3n) is 4.83. The van der Waals surface area contributed by atoms with Crippen molar-refractivity contribution < 1.29 is 14.4 Å². The number of amides is 4. The molecule has 2 aromatic rings. The molecule has 160 valence electrons. The van der Waals surface area contributed by atoms with Crippen molar-refractivity contribution in [2.24, 2.45) is 0 Å². The number of benzene rings is 1. The molecule has 8 heteroatoms. The van der Waals surface area contributed by atoms with Crippen molar-refractivity contribution in [2.75, 3.05) is 38.3 Å². The number of thiol groups is 1. The van der Waals surface area contributed by atoms with Gasteiger partial charge in [-0.15, -0.1) is 0 Å². The number of likely N-dealkylation sites (N-methyl/N-ethyl adjacent to an activating group) is 2. The second kappa shape index (κ2) is 10.2. The number of hydrogen-bond acceptors (Lipinski definition) is 4. The van der Waals surface area contributed by atoms with E-state index in [2.05, 4.69) is 17.6 Å². The van der Waals surface area contributed by atoms with Crippen molar-refractivity contribution in [1.82, 2.24) is 14.8 Å². The molecule has 1 aromatic carbocycles. The van der Waals surface area contributed by atoms with Gasteiger partial charge in [0.1, 0.15) is 0 Å². The van der Waals surface area contributed by atoms with Gasteiger partial charge in [0.15, 0.2) is 0 Å². The number of carbonyl (C=O) groups is 3. The molecule has 2 heterocycles. The molecule has 1 aliphatic heterocycles. The maximum absolute atomic E-state index is 13.2. The van der Waals surface area contributed by atoms with Gasteiger partial charge in [0.25, 0.3) is 5.91 Å². The Morgan fingerprint density at radius 1 is 1.17 bits per heavy atom. The predicted octanol–water partition coefficient (Wildman–Crippen LogP) is 3.20. The highest BCUT2D eigenvalue weighted by Gasteiger charge is 2.37. The number of fused-ring (bicyclic) bond motifs is 1. The molecule has 30 heavy (non-hydrogen) atoms. The number of carbonyl (C=O) groups excluding carboxylic acids is 3. The molecule has 4 amide bonds. The van der Waals surface area contributed by atoms with Crippen LogP contribution in [0.3, 0.4) is 0 Å². The van der Waals surface area contributed by atoms with Crippen molar-refractivity contribution in [1.29, 1.82) is 0 Å². The Kier molecular flexibility index (Phi) is 7.88. The number of nitrogens with zero attached hydrogens (tertiary/aromatic N) is 3. The summed E-state index contributed by atoms with van der Waals surface area (Å²) < 4.78 is 0. The molecule has 0 spiro atoms. The minimum atomic E-state index is -0.417. The summed E-state index contributed by atoms with van der Waals surface area (Å²) in [6.45, 7) is 4.65. The zero-order valence-electron chi connectivity index (χ0n) is 18.0. The first-order chi connectivity index (χ1) is 14.3. The number of rotatable bonds is 5. The Morgan fingerprint density at radius 3 is 2.43 bits per heavy atom. The summed E-state index contributed by atoms with van der Waals surface area (Å²) in [5.74, 6) is -0.353. The number of anilines is 1. The first-order valence-corrected chi connectivity index (χ1v) is 10.4. The highest BCUT2D eigenvalue weighted by molar-refractivity contribution is 7.79. The summed E-state index contributed by atoms with van der Waals surface area (Å²) in [5, 5.41) is 0. The molecular weight excluding hydrogens is 400 g/mol. The van der Waals surface area contributed by atoms with Gasteiger partial charge in [-0.25, -0.2) is 9.69 Å². The largest absolute Gasteiger partial charge is 0.359 e. The van der Waals surface area contributed by atoms with Gasteiger partial charge in [0, 0.05) is 44.1 Å². The Morgan fingerprint density at radius 2 is 1.83 bits per heavy atom. The fraction of sp³-hybridized carbons (Fsp3) is 0.318. The summed E-state index contributed by atoms with van der Waals surface area (Å²) in [5.41, 5.74) is 4.67. The SMILES string of the molecule is CS.Cc1cc(C)c(/C=C2\C(=O)N(C(=O)N(C)CCN(C)C=O)c3ccccc32)[nH]1. The van der Waals surface area contributed by atoms with Crippen LogP contribution in [0.5, 0.6) is 0 Å². The molecule has 0 radical (unpaired) electrons. The van der Waals surface area contributed by atoms with Crippen molar-refractivity contribution in [3.63, 3.8) is 0 Å². The van der Waals surface area contributed by atoms with Crippen LogP contribution in [0.1, 0.15) is 22.5 Å². The molecule has 7 nitrogen and oxygen atoms in total. The van der Waals surface area contributed by atoms with Crippen molar-refractivity contribution in [2.45, 2.75) is 13.8 Å². The van der Waals surface area contributed by atoms with E-state index in [0.717, 1.165) is 22.5 Å². The highest BCUT2D eigenvalue weighted by atomic mass is 32.1. The zero-order valence-corrected chi connectivity index (χ0v) is 18.9. The third kappa shape index (κ3) is 4.76. The summed E-state index contributed by atoms with van der Waals surface area (Å²) in [7, 11) is 3.26. The van der Waals surface area contributed by atoms with E-state index in [0.29, 0.717) is 30.8 Å². The van der Waals surface area contributed by atoms with Crippen LogP contribution in [0.15, 0.2) is 30.3 Å². The summed E-state index contributed by atoms with van der Waals surface area (Å²) in [6, 6.07) is 8.86. The average molecular weight is 429 g/mol. The van der Waals surface area contributed by atoms with Gasteiger partial charge < -0.3 is 14.8 Å². The van der Waals surface area contributed by atoms with Gasteiger partial charge in [-0.1, -0.05) is 18.2 Å². The van der Waals surface area contributed by atoms with Crippen LogP contribution in [0.2, 0.25) is 0 Å². The molecule has 0 fully saturated rings. The minimum absolute atomic E-state index is 0.327. The molecule has 1 N–H and O–H groups in total. The lowest BCUT2D eigenvalue weighted by molar-refractivity contribution is -0.117. The Hall–Kier alpha value is -3.00. The normalized spacial score (nSPS) is 13.6. The van der Waals surface area contributed by atoms with Gasteiger partial charge >= 0.3 is 6.03 Å². The molecular formula is C22H28N4O3S. The molecule has 0 saturated heterocycles. The summed E-state index contributed by atoms with van der Waals surface area (Å²) >= 11 is 3.53. The number of hydrogen-bond donors (Lipinski definition) is 2. The molecule has 3 rings (SSSR count). The first kappa shape index (κ1) is 23.3. The molecule has 0 saturated carbocycles. The molecule has 0 bridgehead atoms. The lowest BCUT2D eigenvalue weighted by atomic mass is 10.1. The van der Waals surface area contributed by atoms with Crippen LogP contribution in [0.4, 0.5) is 10.5 Å². The van der Waals surface area contributed by atoms with E-state index in [9.17, 15) is 14.4 Å². The number of aromatic nitrogens is 1. The first-order valence-electron chi connectivity index (χ1n) is 9.50. The lowest BCUT2D eigenvalue weighted by Gasteiger charge is -2.24. The standard InChI is InChI=1S/C21H24N4O3.CH4S/c1-14-11-15(2)22-18(14)12-17-16-7-5-6-8-19(16)25(20(17)27)21(28)24(4)10-9-23(3)13-26;1-2/h5-8,11-13,22H,9-10H2,1-4H3;2H,1H3/b17-12-;. The van der Waals surface area contributed by atoms with E-state index < -0.39 is 6.03 Å². The van der Waals surface area contributed by atoms with Crippen LogP contribution in [-0.2, 0) is 9.59 Å². The fourth-order valence-corrected chi connectivity index (χ4v) is 3.24. The second-order valence-electron chi connectivity index (χ2n) is 7.05. The Bertz CT molecular complexity index is 967. The van der Waals surface area contributed by atoms with E-state index >= 15 is 0 Å². The third-order valence-corrected chi connectivity index (χ3v) is 4.83. The maximum Gasteiger partial charge on any atom is 0.331 e. The van der Waals surface area contributed by atoms with E-state index in [1.54, 1.807) is 38.6 Å². The monoisotopic (exact) mass is 428 g/mol. The van der Waals surface area contributed by atoms with Crippen LogP contribution in [0, 0.1) is 13.8 Å². The Labute approximate surface area is 182 Å².